The van der Waals surface area contributed by atoms with Crippen LogP contribution in [0.2, 0.25) is 0 Å². The molecule has 2 fully saturated rings. The van der Waals surface area contributed by atoms with Crippen molar-refractivity contribution in [3.05, 3.63) is 0 Å². The van der Waals surface area contributed by atoms with E-state index in [-0.39, 0.29) is 11.8 Å². The summed E-state index contributed by atoms with van der Waals surface area (Å²) in [5.74, 6) is 1.01. The molecule has 0 radical (unpaired) electrons. The van der Waals surface area contributed by atoms with Gasteiger partial charge in [0.2, 0.25) is 0 Å². The van der Waals surface area contributed by atoms with E-state index in [1.165, 1.54) is 0 Å². The highest BCUT2D eigenvalue weighted by Gasteiger charge is 2.40. The van der Waals surface area contributed by atoms with Gasteiger partial charge in [-0.05, 0) is 49.4 Å². The van der Waals surface area contributed by atoms with Gasteiger partial charge in [-0.2, -0.15) is 0 Å². The molecule has 2 rings (SSSR count). The Kier molecular flexibility index (Phi) is 3.86. The molecule has 2 heteroatoms. The highest BCUT2D eigenvalue weighted by atomic mass is 19.1. The Morgan fingerprint density at radius 1 is 0.688 bits per heavy atom. The van der Waals surface area contributed by atoms with Crippen LogP contribution in [0.1, 0.15) is 52.4 Å². The van der Waals surface area contributed by atoms with Crippen LogP contribution in [0.15, 0.2) is 0 Å². The SMILES string of the molecule is CC1CCC(C2CCC(C)CC2F)C(F)C1. The summed E-state index contributed by atoms with van der Waals surface area (Å²) in [4.78, 5) is 0. The van der Waals surface area contributed by atoms with Crippen LogP contribution < -0.4 is 0 Å². The van der Waals surface area contributed by atoms with Crippen molar-refractivity contribution >= 4 is 0 Å². The molecule has 0 aromatic rings. The highest BCUT2D eigenvalue weighted by molar-refractivity contribution is 4.89. The van der Waals surface area contributed by atoms with E-state index in [0.29, 0.717) is 24.7 Å². The zero-order valence-electron chi connectivity index (χ0n) is 10.5. The molecule has 6 unspecified atom stereocenters. The lowest BCUT2D eigenvalue weighted by molar-refractivity contribution is 0.0156. The second-order valence-electron chi connectivity index (χ2n) is 6.20. The molecular formula is C14H24F2. The predicted molar refractivity (Wildman–Crippen MR) is 62.8 cm³/mol. The first-order valence-corrected chi connectivity index (χ1v) is 6.86. The number of hydrogen-bond donors (Lipinski definition) is 0. The third kappa shape index (κ3) is 2.57. The Morgan fingerprint density at radius 3 is 1.38 bits per heavy atom. The predicted octanol–water partition coefficient (Wildman–Crippen LogP) is 4.54. The Morgan fingerprint density at radius 2 is 1.06 bits per heavy atom. The molecule has 2 aliphatic rings. The second kappa shape index (κ2) is 5.01. The van der Waals surface area contributed by atoms with Crippen LogP contribution in [0.4, 0.5) is 8.78 Å². The maximum atomic E-state index is 14.0. The van der Waals surface area contributed by atoms with Gasteiger partial charge in [-0.1, -0.05) is 26.7 Å². The average Bonchev–Trinajstić information content (AvgIpc) is 2.19. The molecule has 0 aliphatic heterocycles. The second-order valence-corrected chi connectivity index (χ2v) is 6.20. The van der Waals surface area contributed by atoms with Gasteiger partial charge in [-0.15, -0.1) is 0 Å². The first-order valence-electron chi connectivity index (χ1n) is 6.86. The normalized spacial score (nSPS) is 50.2. The van der Waals surface area contributed by atoms with Gasteiger partial charge in [-0.25, -0.2) is 8.78 Å². The van der Waals surface area contributed by atoms with E-state index >= 15 is 0 Å². The van der Waals surface area contributed by atoms with Crippen molar-refractivity contribution in [3.63, 3.8) is 0 Å². The van der Waals surface area contributed by atoms with Crippen LogP contribution in [-0.2, 0) is 0 Å². The van der Waals surface area contributed by atoms with Crippen molar-refractivity contribution in [2.24, 2.45) is 23.7 Å². The summed E-state index contributed by atoms with van der Waals surface area (Å²) in [7, 11) is 0. The van der Waals surface area contributed by atoms with Crippen molar-refractivity contribution in [1.29, 1.82) is 0 Å². The lowest BCUT2D eigenvalue weighted by Crippen LogP contribution is -2.38. The number of rotatable bonds is 1. The molecule has 16 heavy (non-hydrogen) atoms. The fourth-order valence-electron chi connectivity index (χ4n) is 3.63. The van der Waals surface area contributed by atoms with Crippen LogP contribution in [0.25, 0.3) is 0 Å². The molecule has 2 aliphatic carbocycles. The molecule has 0 N–H and O–H groups in total. The molecule has 94 valence electrons. The van der Waals surface area contributed by atoms with E-state index in [2.05, 4.69) is 13.8 Å². The first kappa shape index (κ1) is 12.3. The number of halogens is 2. The lowest BCUT2D eigenvalue weighted by atomic mass is 9.68. The summed E-state index contributed by atoms with van der Waals surface area (Å²) in [6.07, 6.45) is 3.80. The van der Waals surface area contributed by atoms with Gasteiger partial charge in [0, 0.05) is 0 Å². The molecule has 0 saturated heterocycles. The maximum absolute atomic E-state index is 14.0. The zero-order chi connectivity index (χ0) is 11.7. The van der Waals surface area contributed by atoms with Gasteiger partial charge in [0.25, 0.3) is 0 Å². The summed E-state index contributed by atoms with van der Waals surface area (Å²) < 4.78 is 28.0. The zero-order valence-corrected chi connectivity index (χ0v) is 10.5. The van der Waals surface area contributed by atoms with E-state index in [9.17, 15) is 8.78 Å². The summed E-state index contributed by atoms with van der Waals surface area (Å²) >= 11 is 0. The Hall–Kier alpha value is -0.140. The van der Waals surface area contributed by atoms with Crippen LogP contribution in [0, 0.1) is 23.7 Å². The van der Waals surface area contributed by atoms with Crippen LogP contribution in [-0.4, -0.2) is 12.3 Å². The minimum atomic E-state index is -0.750. The Balaban J connectivity index is 1.96. The van der Waals surface area contributed by atoms with Crippen molar-refractivity contribution < 1.29 is 8.78 Å². The molecule has 6 atom stereocenters. The highest BCUT2D eigenvalue weighted by Crippen LogP contribution is 2.43. The smallest absolute Gasteiger partial charge is 0.104 e. The molecule has 0 aromatic carbocycles. The molecular weight excluding hydrogens is 206 g/mol. The summed E-state index contributed by atoms with van der Waals surface area (Å²) in [5, 5.41) is 0. The summed E-state index contributed by atoms with van der Waals surface area (Å²) in [5.41, 5.74) is 0. The van der Waals surface area contributed by atoms with Gasteiger partial charge < -0.3 is 0 Å². The monoisotopic (exact) mass is 230 g/mol. The summed E-state index contributed by atoms with van der Waals surface area (Å²) in [6.45, 7) is 4.22. The van der Waals surface area contributed by atoms with E-state index in [1.807, 2.05) is 0 Å². The third-order valence-corrected chi connectivity index (χ3v) is 4.72. The van der Waals surface area contributed by atoms with E-state index in [4.69, 9.17) is 0 Å². The maximum Gasteiger partial charge on any atom is 0.104 e. The van der Waals surface area contributed by atoms with Crippen LogP contribution in [0.5, 0.6) is 0 Å². The standard InChI is InChI=1S/C14H24F2/c1-9-3-5-11(13(15)7-9)12-6-4-10(2)8-14(12)16/h9-14H,3-8H2,1-2H3. The lowest BCUT2D eigenvalue weighted by Gasteiger charge is -2.40. The molecule has 0 spiro atoms. The van der Waals surface area contributed by atoms with E-state index < -0.39 is 12.3 Å². The number of alkyl halides is 2. The van der Waals surface area contributed by atoms with Gasteiger partial charge >= 0.3 is 0 Å². The molecule has 0 bridgehead atoms. The largest absolute Gasteiger partial charge is 0.247 e. The minimum absolute atomic E-state index is 0.0127. The fourth-order valence-corrected chi connectivity index (χ4v) is 3.63. The molecule has 0 aromatic heterocycles. The number of hydrogen-bond acceptors (Lipinski definition) is 0. The van der Waals surface area contributed by atoms with Gasteiger partial charge in [0.05, 0.1) is 0 Å². The van der Waals surface area contributed by atoms with Crippen molar-refractivity contribution in [2.75, 3.05) is 0 Å². The molecule has 0 amide bonds. The fraction of sp³-hybridized carbons (Fsp3) is 1.00. The summed E-state index contributed by atoms with van der Waals surface area (Å²) in [6, 6.07) is 0. The first-order chi connectivity index (χ1) is 7.58. The van der Waals surface area contributed by atoms with Gasteiger partial charge in [-0.3, -0.25) is 0 Å². The molecule has 2 saturated carbocycles. The van der Waals surface area contributed by atoms with Gasteiger partial charge in [0.15, 0.2) is 0 Å². The quantitative estimate of drug-likeness (QED) is 0.620. The Labute approximate surface area is 97.8 Å². The molecule has 0 heterocycles. The minimum Gasteiger partial charge on any atom is -0.247 e. The topological polar surface area (TPSA) is 0 Å². The third-order valence-electron chi connectivity index (χ3n) is 4.72. The van der Waals surface area contributed by atoms with E-state index in [0.717, 1.165) is 25.7 Å². The van der Waals surface area contributed by atoms with E-state index in [1.54, 1.807) is 0 Å². The average molecular weight is 230 g/mol. The van der Waals surface area contributed by atoms with Crippen LogP contribution in [0.3, 0.4) is 0 Å². The van der Waals surface area contributed by atoms with Crippen molar-refractivity contribution in [1.82, 2.24) is 0 Å². The van der Waals surface area contributed by atoms with Crippen molar-refractivity contribution in [2.45, 2.75) is 64.7 Å². The van der Waals surface area contributed by atoms with Gasteiger partial charge in [0.1, 0.15) is 12.3 Å². The Bertz CT molecular complexity index is 205. The molecule has 0 nitrogen and oxygen atoms in total. The van der Waals surface area contributed by atoms with Crippen LogP contribution >= 0.6 is 0 Å². The van der Waals surface area contributed by atoms with Crippen molar-refractivity contribution in [3.8, 4) is 0 Å².